The predicted octanol–water partition coefficient (Wildman–Crippen LogP) is 2.89. The van der Waals surface area contributed by atoms with Crippen LogP contribution in [0, 0.1) is 5.92 Å². The first-order chi connectivity index (χ1) is 10.1. The summed E-state index contributed by atoms with van der Waals surface area (Å²) in [6.07, 6.45) is 7.01. The molecule has 4 nitrogen and oxygen atoms in total. The zero-order valence-electron chi connectivity index (χ0n) is 12.5. The molecule has 2 aromatic heterocycles. The van der Waals surface area contributed by atoms with E-state index in [4.69, 9.17) is 0 Å². The third-order valence-electron chi connectivity index (χ3n) is 4.04. The highest BCUT2D eigenvalue weighted by atomic mass is 32.1. The molecule has 0 radical (unpaired) electrons. The van der Waals surface area contributed by atoms with E-state index in [9.17, 15) is 4.79 Å². The summed E-state index contributed by atoms with van der Waals surface area (Å²) in [6, 6.07) is 1.96. The molecule has 2 heterocycles. The molecular weight excluding hydrogens is 282 g/mol. The lowest BCUT2D eigenvalue weighted by Crippen LogP contribution is -2.36. The average Bonchev–Trinajstić information content (AvgIpc) is 3.06. The highest BCUT2D eigenvalue weighted by Gasteiger charge is 2.23. The summed E-state index contributed by atoms with van der Waals surface area (Å²) in [4.78, 5) is 13.9. The van der Waals surface area contributed by atoms with Crippen molar-refractivity contribution in [1.29, 1.82) is 0 Å². The Hall–Kier alpha value is -1.62. The number of aromatic nitrogens is 2. The number of carbonyl (C=O) groups excluding carboxylic acids is 1. The van der Waals surface area contributed by atoms with Crippen molar-refractivity contribution in [2.75, 3.05) is 0 Å². The van der Waals surface area contributed by atoms with Crippen LogP contribution < -0.4 is 5.32 Å². The van der Waals surface area contributed by atoms with Crippen molar-refractivity contribution < 1.29 is 4.79 Å². The Morgan fingerprint density at radius 3 is 3.24 bits per heavy atom. The van der Waals surface area contributed by atoms with E-state index in [2.05, 4.69) is 17.3 Å². The van der Waals surface area contributed by atoms with Crippen LogP contribution in [0.5, 0.6) is 0 Å². The van der Waals surface area contributed by atoms with Crippen molar-refractivity contribution in [1.82, 2.24) is 15.1 Å². The Bertz CT molecular complexity index is 618. The Morgan fingerprint density at radius 1 is 1.62 bits per heavy atom. The van der Waals surface area contributed by atoms with Crippen molar-refractivity contribution in [3.8, 4) is 0 Å². The summed E-state index contributed by atoms with van der Waals surface area (Å²) in [5, 5.41) is 9.29. The predicted molar refractivity (Wildman–Crippen MR) is 84.7 cm³/mol. The quantitative estimate of drug-likeness (QED) is 0.944. The molecule has 2 unspecified atom stereocenters. The summed E-state index contributed by atoms with van der Waals surface area (Å²) in [6.45, 7) is 5.00. The summed E-state index contributed by atoms with van der Waals surface area (Å²) in [5.74, 6) is 0.799. The fourth-order valence-corrected chi connectivity index (χ4v) is 4.15. The van der Waals surface area contributed by atoms with E-state index in [1.807, 2.05) is 29.2 Å². The number of hydrogen-bond donors (Lipinski definition) is 1. The number of rotatable bonds is 4. The first kappa shape index (κ1) is 14.3. The van der Waals surface area contributed by atoms with E-state index in [0.29, 0.717) is 6.54 Å². The van der Waals surface area contributed by atoms with Crippen molar-refractivity contribution in [2.45, 2.75) is 45.7 Å². The van der Waals surface area contributed by atoms with Gasteiger partial charge in [-0.05, 0) is 43.7 Å². The van der Waals surface area contributed by atoms with Crippen LogP contribution >= 0.6 is 11.3 Å². The van der Waals surface area contributed by atoms with Gasteiger partial charge >= 0.3 is 0 Å². The molecule has 1 aliphatic rings. The van der Waals surface area contributed by atoms with E-state index in [0.717, 1.165) is 24.3 Å². The van der Waals surface area contributed by atoms with Gasteiger partial charge in [-0.25, -0.2) is 0 Å². The lowest BCUT2D eigenvalue weighted by molar-refractivity contribution is 0.0935. The van der Waals surface area contributed by atoms with E-state index < -0.39 is 0 Å². The molecule has 0 aromatic carbocycles. The lowest BCUT2D eigenvalue weighted by atomic mass is 9.88. The van der Waals surface area contributed by atoms with Crippen LogP contribution in [-0.4, -0.2) is 21.7 Å². The van der Waals surface area contributed by atoms with Gasteiger partial charge in [-0.3, -0.25) is 9.48 Å². The monoisotopic (exact) mass is 303 g/mol. The maximum atomic E-state index is 12.5. The summed E-state index contributed by atoms with van der Waals surface area (Å²) < 4.78 is 1.84. The molecule has 2 atom stereocenters. The molecule has 3 rings (SSSR count). The molecule has 0 spiro atoms. The molecule has 2 aromatic rings. The molecular formula is C16H21N3OS. The van der Waals surface area contributed by atoms with Crippen molar-refractivity contribution in [2.24, 2.45) is 5.92 Å². The number of thiophene rings is 1. The van der Waals surface area contributed by atoms with Crippen molar-refractivity contribution >= 4 is 17.2 Å². The van der Waals surface area contributed by atoms with Gasteiger partial charge in [0.15, 0.2) is 0 Å². The van der Waals surface area contributed by atoms with Crippen LogP contribution in [0.3, 0.4) is 0 Å². The second-order valence-electron chi connectivity index (χ2n) is 6.00. The SMILES string of the molecule is CC1CCc2c(C(=O)NC(C)Cn3cccn3)csc2C1. The highest BCUT2D eigenvalue weighted by molar-refractivity contribution is 7.10. The van der Waals surface area contributed by atoms with Gasteiger partial charge in [0.2, 0.25) is 0 Å². The molecule has 1 aliphatic carbocycles. The van der Waals surface area contributed by atoms with Crippen LogP contribution in [0.25, 0.3) is 0 Å². The maximum absolute atomic E-state index is 12.5. The van der Waals surface area contributed by atoms with Crippen LogP contribution in [-0.2, 0) is 19.4 Å². The maximum Gasteiger partial charge on any atom is 0.252 e. The number of carbonyl (C=O) groups is 1. The molecule has 1 amide bonds. The molecule has 0 aliphatic heterocycles. The highest BCUT2D eigenvalue weighted by Crippen LogP contribution is 2.32. The first-order valence-corrected chi connectivity index (χ1v) is 8.39. The minimum Gasteiger partial charge on any atom is -0.348 e. The number of nitrogens with zero attached hydrogens (tertiary/aromatic N) is 2. The zero-order valence-corrected chi connectivity index (χ0v) is 13.3. The van der Waals surface area contributed by atoms with Crippen LogP contribution in [0.1, 0.15) is 41.1 Å². The molecule has 21 heavy (non-hydrogen) atoms. The first-order valence-electron chi connectivity index (χ1n) is 7.51. The van der Waals surface area contributed by atoms with Gasteiger partial charge in [-0.1, -0.05) is 6.92 Å². The van der Waals surface area contributed by atoms with Gasteiger partial charge in [-0.2, -0.15) is 5.10 Å². The summed E-state index contributed by atoms with van der Waals surface area (Å²) in [7, 11) is 0. The van der Waals surface area contributed by atoms with Gasteiger partial charge in [0.1, 0.15) is 0 Å². The topological polar surface area (TPSA) is 46.9 Å². The van der Waals surface area contributed by atoms with E-state index in [-0.39, 0.29) is 11.9 Å². The molecule has 0 saturated heterocycles. The summed E-state index contributed by atoms with van der Waals surface area (Å²) >= 11 is 1.74. The van der Waals surface area contributed by atoms with Crippen molar-refractivity contribution in [3.63, 3.8) is 0 Å². The third-order valence-corrected chi connectivity index (χ3v) is 5.10. The van der Waals surface area contributed by atoms with Gasteiger partial charge in [-0.15, -0.1) is 11.3 Å². The van der Waals surface area contributed by atoms with Crippen LogP contribution in [0.4, 0.5) is 0 Å². The number of hydrogen-bond acceptors (Lipinski definition) is 3. The van der Waals surface area contributed by atoms with Gasteiger partial charge in [0.05, 0.1) is 12.1 Å². The second-order valence-corrected chi connectivity index (χ2v) is 6.97. The average molecular weight is 303 g/mol. The number of amides is 1. The summed E-state index contributed by atoms with van der Waals surface area (Å²) in [5.41, 5.74) is 2.16. The molecule has 0 saturated carbocycles. The van der Waals surface area contributed by atoms with Gasteiger partial charge in [0.25, 0.3) is 5.91 Å². The largest absolute Gasteiger partial charge is 0.348 e. The smallest absolute Gasteiger partial charge is 0.252 e. The van der Waals surface area contributed by atoms with E-state index in [1.54, 1.807) is 17.5 Å². The van der Waals surface area contributed by atoms with Crippen LogP contribution in [0.2, 0.25) is 0 Å². The standard InChI is InChI=1S/C16H21N3OS/c1-11-4-5-13-14(10-21-15(13)8-11)16(20)18-12(2)9-19-7-3-6-17-19/h3,6-7,10-12H,4-5,8-9H2,1-2H3,(H,18,20). The Labute approximate surface area is 129 Å². The molecule has 1 N–H and O–H groups in total. The Morgan fingerprint density at radius 2 is 2.48 bits per heavy atom. The Kier molecular flexibility index (Phi) is 4.10. The van der Waals surface area contributed by atoms with Crippen molar-refractivity contribution in [3.05, 3.63) is 39.8 Å². The zero-order chi connectivity index (χ0) is 14.8. The van der Waals surface area contributed by atoms with E-state index in [1.165, 1.54) is 16.9 Å². The minimum absolute atomic E-state index is 0.0571. The second kappa shape index (κ2) is 6.02. The number of fused-ring (bicyclic) bond motifs is 1. The lowest BCUT2D eigenvalue weighted by Gasteiger charge is -2.19. The van der Waals surface area contributed by atoms with Crippen LogP contribution in [0.15, 0.2) is 23.8 Å². The molecule has 0 fully saturated rings. The number of nitrogens with one attached hydrogen (secondary N) is 1. The normalized spacial score (nSPS) is 19.0. The fourth-order valence-electron chi connectivity index (χ4n) is 2.90. The molecule has 5 heteroatoms. The molecule has 0 bridgehead atoms. The minimum atomic E-state index is 0.0571. The Balaban J connectivity index is 1.66. The van der Waals surface area contributed by atoms with Gasteiger partial charge < -0.3 is 5.32 Å². The van der Waals surface area contributed by atoms with Gasteiger partial charge in [0, 0.05) is 28.7 Å². The molecule has 112 valence electrons. The third kappa shape index (κ3) is 3.18. The van der Waals surface area contributed by atoms with E-state index >= 15 is 0 Å². The fraction of sp³-hybridized carbons (Fsp3) is 0.500.